The molecule has 9 nitrogen and oxygen atoms in total. The van der Waals surface area contributed by atoms with Gasteiger partial charge in [-0.2, -0.15) is 4.98 Å². The summed E-state index contributed by atoms with van der Waals surface area (Å²) in [6.45, 7) is 0.412. The van der Waals surface area contributed by atoms with Gasteiger partial charge in [0.15, 0.2) is 5.82 Å². The number of hydrogen-bond donors (Lipinski definition) is 3. The summed E-state index contributed by atoms with van der Waals surface area (Å²) >= 11 is 0. The number of nitrogens with zero attached hydrogens (tertiary/aromatic N) is 4. The molecule has 9 heteroatoms. The predicted molar refractivity (Wildman–Crippen MR) is 113 cm³/mol. The standard InChI is InChI=1S/C21H25N7O2/c22-16-8-4-5-9-17(16)26-21-24-12-15(19(23)29)20(27-21)28(18-10-11-25-30-18)13-14-6-2-1-3-7-14/h1-3,6-7,10-12,16-17H,4-5,8-9,13,22H2,(H2,23,29)(H,24,26,27)/t16-,17+/m0/s1. The second kappa shape index (κ2) is 8.91. The minimum absolute atomic E-state index is 0.0383. The van der Waals surface area contributed by atoms with Gasteiger partial charge in [0.05, 0.1) is 12.7 Å². The molecular weight excluding hydrogens is 382 g/mol. The molecule has 1 aromatic carbocycles. The molecule has 30 heavy (non-hydrogen) atoms. The Morgan fingerprint density at radius 2 is 2.00 bits per heavy atom. The molecule has 1 amide bonds. The predicted octanol–water partition coefficient (Wildman–Crippen LogP) is 2.58. The number of nitrogens with one attached hydrogen (secondary N) is 1. The highest BCUT2D eigenvalue weighted by Gasteiger charge is 2.25. The quantitative estimate of drug-likeness (QED) is 0.544. The summed E-state index contributed by atoms with van der Waals surface area (Å²) in [4.78, 5) is 22.8. The maximum absolute atomic E-state index is 12.1. The van der Waals surface area contributed by atoms with E-state index in [-0.39, 0.29) is 17.6 Å². The monoisotopic (exact) mass is 407 g/mol. The van der Waals surface area contributed by atoms with Crippen LogP contribution in [0.5, 0.6) is 0 Å². The number of nitrogens with two attached hydrogens (primary N) is 2. The first-order valence-electron chi connectivity index (χ1n) is 10.0. The summed E-state index contributed by atoms with van der Waals surface area (Å²) in [7, 11) is 0. The van der Waals surface area contributed by atoms with Gasteiger partial charge in [0.25, 0.3) is 5.91 Å². The Hall–Kier alpha value is -3.46. The lowest BCUT2D eigenvalue weighted by molar-refractivity contribution is 0.1000. The molecule has 1 fully saturated rings. The van der Waals surface area contributed by atoms with Gasteiger partial charge in [0.1, 0.15) is 5.56 Å². The third kappa shape index (κ3) is 4.41. The molecule has 0 spiro atoms. The van der Waals surface area contributed by atoms with Gasteiger partial charge in [-0.05, 0) is 18.4 Å². The van der Waals surface area contributed by atoms with Crippen molar-refractivity contribution in [2.45, 2.75) is 44.3 Å². The van der Waals surface area contributed by atoms with Gasteiger partial charge in [-0.1, -0.05) is 48.3 Å². The van der Waals surface area contributed by atoms with Crippen molar-refractivity contribution in [3.63, 3.8) is 0 Å². The van der Waals surface area contributed by atoms with Gasteiger partial charge in [-0.3, -0.25) is 9.69 Å². The van der Waals surface area contributed by atoms with E-state index < -0.39 is 5.91 Å². The van der Waals surface area contributed by atoms with Crippen LogP contribution in [0, 0.1) is 0 Å². The van der Waals surface area contributed by atoms with Crippen LogP contribution in [-0.4, -0.2) is 33.1 Å². The first-order valence-corrected chi connectivity index (χ1v) is 10.0. The lowest BCUT2D eigenvalue weighted by Gasteiger charge is -2.30. The van der Waals surface area contributed by atoms with Crippen LogP contribution in [0.1, 0.15) is 41.6 Å². The molecule has 0 unspecified atom stereocenters. The SMILES string of the molecule is NC(=O)c1cnc(N[C@@H]2CCCC[C@@H]2N)nc1N(Cc1ccccc1)c1ccno1. The molecule has 1 aliphatic rings. The summed E-state index contributed by atoms with van der Waals surface area (Å²) < 4.78 is 5.39. The van der Waals surface area contributed by atoms with Gasteiger partial charge in [0, 0.05) is 24.3 Å². The zero-order chi connectivity index (χ0) is 20.9. The third-order valence-corrected chi connectivity index (χ3v) is 5.30. The first kappa shape index (κ1) is 19.8. The smallest absolute Gasteiger partial charge is 0.254 e. The summed E-state index contributed by atoms with van der Waals surface area (Å²) in [5, 5.41) is 7.13. The van der Waals surface area contributed by atoms with E-state index in [0.717, 1.165) is 31.2 Å². The van der Waals surface area contributed by atoms with Gasteiger partial charge in [-0.25, -0.2) is 4.98 Å². The van der Waals surface area contributed by atoms with Crippen LogP contribution in [0.4, 0.5) is 17.7 Å². The van der Waals surface area contributed by atoms with Gasteiger partial charge >= 0.3 is 0 Å². The zero-order valence-electron chi connectivity index (χ0n) is 16.6. The van der Waals surface area contributed by atoms with Crippen LogP contribution in [0.2, 0.25) is 0 Å². The average molecular weight is 407 g/mol. The fourth-order valence-electron chi connectivity index (χ4n) is 3.70. The molecule has 0 saturated heterocycles. The Labute approximate surface area is 174 Å². The average Bonchev–Trinajstić information content (AvgIpc) is 3.29. The van der Waals surface area contributed by atoms with E-state index in [1.165, 1.54) is 6.20 Å². The van der Waals surface area contributed by atoms with Crippen molar-refractivity contribution in [2.75, 3.05) is 10.2 Å². The molecule has 3 aromatic rings. The van der Waals surface area contributed by atoms with Crippen LogP contribution < -0.4 is 21.7 Å². The molecule has 2 heterocycles. The number of hydrogen-bond acceptors (Lipinski definition) is 8. The largest absolute Gasteiger partial charge is 0.365 e. The van der Waals surface area contributed by atoms with E-state index in [1.807, 2.05) is 30.3 Å². The molecule has 2 aromatic heterocycles. The second-order valence-electron chi connectivity index (χ2n) is 7.42. The number of anilines is 3. The van der Waals surface area contributed by atoms with E-state index in [2.05, 4.69) is 20.4 Å². The highest BCUT2D eigenvalue weighted by molar-refractivity contribution is 5.98. The lowest BCUT2D eigenvalue weighted by atomic mass is 9.91. The molecule has 5 N–H and O–H groups in total. The fraction of sp³-hybridized carbons (Fsp3) is 0.333. The van der Waals surface area contributed by atoms with Crippen molar-refractivity contribution in [1.82, 2.24) is 15.1 Å². The van der Waals surface area contributed by atoms with Crippen LogP contribution in [0.3, 0.4) is 0 Å². The summed E-state index contributed by atoms with van der Waals surface area (Å²) in [6, 6.07) is 11.6. The molecule has 156 valence electrons. The molecule has 0 aliphatic heterocycles. The lowest BCUT2D eigenvalue weighted by Crippen LogP contribution is -2.43. The number of amides is 1. The molecule has 0 radical (unpaired) electrons. The van der Waals surface area contributed by atoms with Crippen molar-refractivity contribution >= 4 is 23.6 Å². The van der Waals surface area contributed by atoms with Crippen molar-refractivity contribution in [2.24, 2.45) is 11.5 Å². The molecule has 1 aliphatic carbocycles. The van der Waals surface area contributed by atoms with Crippen LogP contribution in [-0.2, 0) is 6.54 Å². The van der Waals surface area contributed by atoms with Crippen molar-refractivity contribution in [3.05, 3.63) is 59.9 Å². The number of carbonyl (C=O) groups is 1. The second-order valence-corrected chi connectivity index (χ2v) is 7.42. The number of aromatic nitrogens is 3. The number of rotatable bonds is 7. The maximum Gasteiger partial charge on any atom is 0.254 e. The molecule has 2 atom stereocenters. The Bertz CT molecular complexity index is 978. The topological polar surface area (TPSA) is 136 Å². The normalized spacial score (nSPS) is 18.7. The minimum Gasteiger partial charge on any atom is -0.365 e. The molecule has 0 bridgehead atoms. The van der Waals surface area contributed by atoms with E-state index in [9.17, 15) is 4.79 Å². The highest BCUT2D eigenvalue weighted by atomic mass is 16.5. The van der Waals surface area contributed by atoms with Gasteiger partial charge < -0.3 is 21.3 Å². The third-order valence-electron chi connectivity index (χ3n) is 5.30. The highest BCUT2D eigenvalue weighted by Crippen LogP contribution is 2.30. The summed E-state index contributed by atoms with van der Waals surface area (Å²) in [6.07, 6.45) is 7.13. The Morgan fingerprint density at radius 3 is 2.70 bits per heavy atom. The number of carbonyl (C=O) groups excluding carboxylic acids is 1. The first-order chi connectivity index (χ1) is 14.6. The van der Waals surface area contributed by atoms with E-state index in [1.54, 1.807) is 17.2 Å². The molecule has 4 rings (SSSR count). The van der Waals surface area contributed by atoms with Crippen molar-refractivity contribution in [1.29, 1.82) is 0 Å². The van der Waals surface area contributed by atoms with E-state index in [4.69, 9.17) is 16.0 Å². The van der Waals surface area contributed by atoms with Gasteiger partial charge in [-0.15, -0.1) is 0 Å². The van der Waals surface area contributed by atoms with E-state index >= 15 is 0 Å². The molecular formula is C21H25N7O2. The number of primary amides is 1. The Balaban J connectivity index is 1.71. The van der Waals surface area contributed by atoms with Gasteiger partial charge in [0.2, 0.25) is 11.8 Å². The minimum atomic E-state index is -0.622. The number of benzene rings is 1. The maximum atomic E-state index is 12.1. The fourth-order valence-corrected chi connectivity index (χ4v) is 3.70. The van der Waals surface area contributed by atoms with Crippen LogP contribution in [0.25, 0.3) is 0 Å². The zero-order valence-corrected chi connectivity index (χ0v) is 16.6. The summed E-state index contributed by atoms with van der Waals surface area (Å²) in [5.41, 5.74) is 13.1. The molecule has 1 saturated carbocycles. The van der Waals surface area contributed by atoms with Crippen LogP contribution in [0.15, 0.2) is 53.3 Å². The van der Waals surface area contributed by atoms with E-state index in [0.29, 0.717) is 24.2 Å². The van der Waals surface area contributed by atoms with Crippen LogP contribution >= 0.6 is 0 Å². The Kier molecular flexibility index (Phi) is 5.89. The Morgan fingerprint density at radius 1 is 1.20 bits per heavy atom. The van der Waals surface area contributed by atoms with Crippen molar-refractivity contribution < 1.29 is 9.32 Å². The van der Waals surface area contributed by atoms with Crippen molar-refractivity contribution in [3.8, 4) is 0 Å². The summed E-state index contributed by atoms with van der Waals surface area (Å²) in [5.74, 6) is 0.573.